The molecule has 0 unspecified atom stereocenters. The lowest BCUT2D eigenvalue weighted by Crippen LogP contribution is -2.47. The lowest BCUT2D eigenvalue weighted by molar-refractivity contribution is -0.143. The van der Waals surface area contributed by atoms with Gasteiger partial charge in [0, 0.05) is 19.0 Å². The number of piperidine rings is 1. The number of ether oxygens (including phenoxy) is 2. The van der Waals surface area contributed by atoms with Gasteiger partial charge in [0.25, 0.3) is 0 Å². The van der Waals surface area contributed by atoms with Crippen LogP contribution in [-0.2, 0) is 21.8 Å². The van der Waals surface area contributed by atoms with Gasteiger partial charge < -0.3 is 14.4 Å². The molecular formula is C26H28F7NO3. The zero-order valence-corrected chi connectivity index (χ0v) is 20.7. The summed E-state index contributed by atoms with van der Waals surface area (Å²) in [5.41, 5.74) is -3.28. The number of carbonyl (C=O) groups is 1. The normalized spacial score (nSPS) is 20.0. The van der Waals surface area contributed by atoms with Crippen LogP contribution in [0.3, 0.4) is 0 Å². The van der Waals surface area contributed by atoms with Crippen LogP contribution in [0.4, 0.5) is 35.5 Å². The molecule has 0 radical (unpaired) electrons. The molecule has 3 rings (SSSR count). The number of halogens is 7. The Hall–Kier alpha value is -2.82. The van der Waals surface area contributed by atoms with Crippen LogP contribution >= 0.6 is 0 Å². The number of amides is 1. The van der Waals surface area contributed by atoms with E-state index in [0.29, 0.717) is 17.7 Å². The lowest BCUT2D eigenvalue weighted by atomic mass is 9.87. The molecule has 0 bridgehead atoms. The second kappa shape index (κ2) is 10.5. The molecule has 0 N–H and O–H groups in total. The fraction of sp³-hybridized carbons (Fsp3) is 0.500. The van der Waals surface area contributed by atoms with E-state index in [9.17, 15) is 35.5 Å². The molecule has 1 amide bonds. The summed E-state index contributed by atoms with van der Waals surface area (Å²) >= 11 is 0. The highest BCUT2D eigenvalue weighted by atomic mass is 19.4. The first-order valence-electron chi connectivity index (χ1n) is 11.6. The second-order valence-corrected chi connectivity index (χ2v) is 10.0. The Balaban J connectivity index is 1.90. The Morgan fingerprint density at radius 1 is 0.946 bits per heavy atom. The number of likely N-dealkylation sites (tertiary alicyclic amines) is 1. The van der Waals surface area contributed by atoms with Crippen molar-refractivity contribution in [1.29, 1.82) is 0 Å². The van der Waals surface area contributed by atoms with Crippen molar-refractivity contribution >= 4 is 6.09 Å². The summed E-state index contributed by atoms with van der Waals surface area (Å²) in [7, 11) is 0. The Bertz CT molecular complexity index is 1060. The third kappa shape index (κ3) is 7.59. The Kier molecular flexibility index (Phi) is 8.16. The summed E-state index contributed by atoms with van der Waals surface area (Å²) in [6.45, 7) is 6.81. The van der Waals surface area contributed by atoms with Crippen LogP contribution in [0.2, 0.25) is 0 Å². The molecular weight excluding hydrogens is 507 g/mol. The zero-order chi connectivity index (χ0) is 27.8. The second-order valence-electron chi connectivity index (χ2n) is 10.0. The SMILES string of the molecule is C[C@@H](O[C@H]1CCN(C(=O)OC(C)(C)C)C[C@@H]1c1ccc(F)cc1)c1cc(C(F)(F)F)cc(C(F)(F)F)c1. The van der Waals surface area contributed by atoms with E-state index >= 15 is 0 Å². The average molecular weight is 536 g/mol. The quantitative estimate of drug-likeness (QED) is 0.376. The van der Waals surface area contributed by atoms with Gasteiger partial charge in [-0.2, -0.15) is 26.3 Å². The summed E-state index contributed by atoms with van der Waals surface area (Å²) < 4.78 is 105. The fourth-order valence-electron chi connectivity index (χ4n) is 4.17. The minimum Gasteiger partial charge on any atom is -0.444 e. The largest absolute Gasteiger partial charge is 0.444 e. The first kappa shape index (κ1) is 28.7. The molecule has 2 aromatic carbocycles. The molecule has 0 aliphatic carbocycles. The maximum atomic E-state index is 13.5. The molecule has 11 heteroatoms. The zero-order valence-electron chi connectivity index (χ0n) is 20.7. The van der Waals surface area contributed by atoms with Crippen LogP contribution in [0.1, 0.15) is 68.4 Å². The van der Waals surface area contributed by atoms with Crippen molar-refractivity contribution in [3.05, 3.63) is 70.5 Å². The Morgan fingerprint density at radius 3 is 1.97 bits per heavy atom. The van der Waals surface area contributed by atoms with Gasteiger partial charge in [-0.15, -0.1) is 0 Å². The summed E-state index contributed by atoms with van der Waals surface area (Å²) in [4.78, 5) is 14.1. The topological polar surface area (TPSA) is 38.8 Å². The maximum absolute atomic E-state index is 13.5. The van der Waals surface area contributed by atoms with Crippen LogP contribution in [0, 0.1) is 5.82 Å². The summed E-state index contributed by atoms with van der Waals surface area (Å²) in [5.74, 6) is -1.02. The molecule has 0 spiro atoms. The minimum absolute atomic E-state index is 0.0663. The van der Waals surface area contributed by atoms with Gasteiger partial charge in [-0.25, -0.2) is 9.18 Å². The highest BCUT2D eigenvalue weighted by Crippen LogP contribution is 2.39. The number of nitrogens with zero attached hydrogens (tertiary/aromatic N) is 1. The van der Waals surface area contributed by atoms with Crippen molar-refractivity contribution in [1.82, 2.24) is 4.90 Å². The van der Waals surface area contributed by atoms with Crippen LogP contribution in [0.5, 0.6) is 0 Å². The molecule has 1 fully saturated rings. The van der Waals surface area contributed by atoms with Gasteiger partial charge in [0.05, 0.1) is 23.3 Å². The van der Waals surface area contributed by atoms with Crippen LogP contribution in [-0.4, -0.2) is 35.8 Å². The number of benzene rings is 2. The van der Waals surface area contributed by atoms with Gasteiger partial charge in [0.1, 0.15) is 11.4 Å². The first-order chi connectivity index (χ1) is 16.9. The van der Waals surface area contributed by atoms with Crippen molar-refractivity contribution in [2.45, 2.75) is 70.2 Å². The van der Waals surface area contributed by atoms with Crippen LogP contribution in [0.15, 0.2) is 42.5 Å². The van der Waals surface area contributed by atoms with Crippen molar-refractivity contribution < 1.29 is 45.0 Å². The maximum Gasteiger partial charge on any atom is 0.416 e. The van der Waals surface area contributed by atoms with Crippen LogP contribution in [0.25, 0.3) is 0 Å². The highest BCUT2D eigenvalue weighted by Gasteiger charge is 2.39. The van der Waals surface area contributed by atoms with E-state index in [1.165, 1.54) is 36.1 Å². The lowest BCUT2D eigenvalue weighted by Gasteiger charge is -2.40. The molecule has 204 valence electrons. The van der Waals surface area contributed by atoms with Gasteiger partial charge in [0.15, 0.2) is 0 Å². The van der Waals surface area contributed by atoms with E-state index in [1.54, 1.807) is 20.8 Å². The molecule has 3 atom stereocenters. The number of hydrogen-bond acceptors (Lipinski definition) is 3. The standard InChI is InChI=1S/C26H28F7NO3/c1-15(17-11-18(25(28,29)30)13-19(12-17)26(31,32)33)36-22-9-10-34(23(35)37-24(2,3)4)14-21(22)16-5-7-20(27)8-6-16/h5-8,11-13,15,21-22H,9-10,14H2,1-4H3/t15-,21-,22+/m1/s1. The number of hydrogen-bond donors (Lipinski definition) is 0. The van der Waals surface area contributed by atoms with Gasteiger partial charge in [-0.3, -0.25) is 0 Å². The van der Waals surface area contributed by atoms with Crippen LogP contribution < -0.4 is 0 Å². The van der Waals surface area contributed by atoms with E-state index in [2.05, 4.69) is 0 Å². The van der Waals surface area contributed by atoms with E-state index in [1.807, 2.05) is 0 Å². The molecule has 0 aromatic heterocycles. The summed E-state index contributed by atoms with van der Waals surface area (Å²) in [6, 6.07) is 6.81. The van der Waals surface area contributed by atoms with Gasteiger partial charge in [0.2, 0.25) is 0 Å². The van der Waals surface area contributed by atoms with Gasteiger partial charge in [-0.1, -0.05) is 12.1 Å². The first-order valence-corrected chi connectivity index (χ1v) is 11.6. The van der Waals surface area contributed by atoms with Crippen molar-refractivity contribution in [2.75, 3.05) is 13.1 Å². The number of rotatable bonds is 4. The average Bonchev–Trinajstić information content (AvgIpc) is 2.77. The van der Waals surface area contributed by atoms with E-state index in [0.717, 1.165) is 0 Å². The fourth-order valence-corrected chi connectivity index (χ4v) is 4.17. The molecule has 37 heavy (non-hydrogen) atoms. The van der Waals surface area contributed by atoms with E-state index < -0.39 is 59.1 Å². The summed E-state index contributed by atoms with van der Waals surface area (Å²) in [6.07, 6.45) is -12.1. The molecule has 4 nitrogen and oxygen atoms in total. The van der Waals surface area contributed by atoms with Gasteiger partial charge >= 0.3 is 18.4 Å². The smallest absolute Gasteiger partial charge is 0.416 e. The third-order valence-corrected chi connectivity index (χ3v) is 5.96. The minimum atomic E-state index is -4.98. The summed E-state index contributed by atoms with van der Waals surface area (Å²) in [5, 5.41) is 0. The molecule has 1 saturated heterocycles. The van der Waals surface area contributed by atoms with E-state index in [4.69, 9.17) is 9.47 Å². The molecule has 1 aliphatic heterocycles. The predicted molar refractivity (Wildman–Crippen MR) is 121 cm³/mol. The number of carbonyl (C=O) groups excluding carboxylic acids is 1. The Labute approximate surface area is 210 Å². The number of alkyl halides is 6. The molecule has 0 saturated carbocycles. The van der Waals surface area contributed by atoms with E-state index in [-0.39, 0.29) is 31.1 Å². The van der Waals surface area contributed by atoms with Crippen molar-refractivity contribution in [3.63, 3.8) is 0 Å². The molecule has 1 heterocycles. The van der Waals surface area contributed by atoms with Crippen molar-refractivity contribution in [3.8, 4) is 0 Å². The van der Waals surface area contributed by atoms with Gasteiger partial charge in [-0.05, 0) is 75.6 Å². The predicted octanol–water partition coefficient (Wildman–Crippen LogP) is 7.73. The molecule has 1 aliphatic rings. The molecule has 2 aromatic rings. The highest BCUT2D eigenvalue weighted by molar-refractivity contribution is 5.68. The monoisotopic (exact) mass is 535 g/mol. The van der Waals surface area contributed by atoms with Crippen molar-refractivity contribution in [2.24, 2.45) is 0 Å². The third-order valence-electron chi connectivity index (χ3n) is 5.96. The Morgan fingerprint density at radius 2 is 1.49 bits per heavy atom.